The molecule has 16 heavy (non-hydrogen) atoms. The van der Waals surface area contributed by atoms with Crippen molar-refractivity contribution in [1.29, 1.82) is 0 Å². The van der Waals surface area contributed by atoms with Crippen LogP contribution in [0.25, 0.3) is 0 Å². The lowest BCUT2D eigenvalue weighted by molar-refractivity contribution is 0.0953. The zero-order chi connectivity index (χ0) is 11.3. The van der Waals surface area contributed by atoms with Gasteiger partial charge in [-0.2, -0.15) is 0 Å². The molecule has 0 heterocycles. The van der Waals surface area contributed by atoms with Crippen LogP contribution in [-0.2, 0) is 0 Å². The molecule has 3 N–H and O–H groups in total. The first kappa shape index (κ1) is 15.5. The number of carbonyl (C=O) groups excluding carboxylic acids is 1. The topological polar surface area (TPSA) is 55.1 Å². The van der Waals surface area contributed by atoms with Gasteiger partial charge in [0.05, 0.1) is 10.6 Å². The molecule has 0 aliphatic heterocycles. The van der Waals surface area contributed by atoms with E-state index in [2.05, 4.69) is 5.32 Å². The normalized spacial score (nSPS) is 9.44. The summed E-state index contributed by atoms with van der Waals surface area (Å²) in [5.74, 6) is -0.204. The van der Waals surface area contributed by atoms with Crippen molar-refractivity contribution in [3.8, 4) is 0 Å². The van der Waals surface area contributed by atoms with E-state index in [9.17, 15) is 4.79 Å². The van der Waals surface area contributed by atoms with E-state index in [-0.39, 0.29) is 18.3 Å². The maximum Gasteiger partial charge on any atom is 0.252 e. The van der Waals surface area contributed by atoms with Crippen LogP contribution in [0.5, 0.6) is 0 Å². The molecule has 90 valence electrons. The molecule has 0 saturated heterocycles. The molecule has 0 radical (unpaired) electrons. The van der Waals surface area contributed by atoms with Crippen LogP contribution in [0.15, 0.2) is 18.2 Å². The van der Waals surface area contributed by atoms with Crippen molar-refractivity contribution in [3.63, 3.8) is 0 Å². The lowest BCUT2D eigenvalue weighted by atomic mass is 10.2. The van der Waals surface area contributed by atoms with E-state index in [0.717, 1.165) is 6.42 Å². The Morgan fingerprint density at radius 2 is 2.06 bits per heavy atom. The fourth-order valence-corrected chi connectivity index (χ4v) is 1.57. The number of hydrogen-bond acceptors (Lipinski definition) is 2. The predicted molar refractivity (Wildman–Crippen MR) is 69.7 cm³/mol. The monoisotopic (exact) mass is 282 g/mol. The molecule has 1 aromatic rings. The first-order chi connectivity index (χ1) is 7.15. The molecular weight excluding hydrogens is 270 g/mol. The maximum absolute atomic E-state index is 11.6. The Morgan fingerprint density at radius 1 is 1.38 bits per heavy atom. The van der Waals surface area contributed by atoms with E-state index in [1.54, 1.807) is 18.2 Å². The predicted octanol–water partition coefficient (Wildman–Crippen LogP) is 2.49. The highest BCUT2D eigenvalue weighted by Gasteiger charge is 2.09. The van der Waals surface area contributed by atoms with Crippen LogP contribution in [0.2, 0.25) is 10.0 Å². The van der Waals surface area contributed by atoms with Crippen LogP contribution in [-0.4, -0.2) is 19.0 Å². The maximum atomic E-state index is 11.6. The molecule has 0 fully saturated rings. The lowest BCUT2D eigenvalue weighted by Gasteiger charge is -2.05. The average Bonchev–Trinajstić information content (AvgIpc) is 2.17. The summed E-state index contributed by atoms with van der Waals surface area (Å²) in [4.78, 5) is 11.6. The highest BCUT2D eigenvalue weighted by molar-refractivity contribution is 6.36. The van der Waals surface area contributed by atoms with Gasteiger partial charge in [-0.25, -0.2) is 0 Å². The van der Waals surface area contributed by atoms with Gasteiger partial charge in [0.1, 0.15) is 0 Å². The van der Waals surface area contributed by atoms with Gasteiger partial charge in [-0.1, -0.05) is 23.2 Å². The van der Waals surface area contributed by atoms with E-state index in [4.69, 9.17) is 28.9 Å². The molecular formula is C10H13Cl3N2O. The Hall–Kier alpha value is -0.480. The molecule has 1 rings (SSSR count). The highest BCUT2D eigenvalue weighted by Crippen LogP contribution is 2.20. The Labute approximate surface area is 111 Å². The highest BCUT2D eigenvalue weighted by atomic mass is 35.5. The van der Waals surface area contributed by atoms with Crippen molar-refractivity contribution in [3.05, 3.63) is 33.8 Å². The summed E-state index contributed by atoms with van der Waals surface area (Å²) in [5.41, 5.74) is 5.74. The number of carbonyl (C=O) groups is 1. The summed E-state index contributed by atoms with van der Waals surface area (Å²) in [6.07, 6.45) is 0.747. The zero-order valence-electron chi connectivity index (χ0n) is 8.50. The molecule has 0 aliphatic carbocycles. The number of benzene rings is 1. The van der Waals surface area contributed by atoms with Crippen LogP contribution >= 0.6 is 35.6 Å². The SMILES string of the molecule is Cl.NCCCNC(=O)c1ccc(Cl)cc1Cl. The summed E-state index contributed by atoms with van der Waals surface area (Å²) in [6, 6.07) is 4.77. The van der Waals surface area contributed by atoms with Gasteiger partial charge in [0, 0.05) is 11.6 Å². The van der Waals surface area contributed by atoms with Crippen molar-refractivity contribution in [2.75, 3.05) is 13.1 Å². The first-order valence-electron chi connectivity index (χ1n) is 4.58. The van der Waals surface area contributed by atoms with Gasteiger partial charge in [-0.05, 0) is 31.2 Å². The molecule has 0 unspecified atom stereocenters. The van der Waals surface area contributed by atoms with E-state index in [0.29, 0.717) is 28.7 Å². The fourth-order valence-electron chi connectivity index (χ4n) is 1.07. The molecule has 6 heteroatoms. The third-order valence-electron chi connectivity index (χ3n) is 1.84. The minimum Gasteiger partial charge on any atom is -0.352 e. The van der Waals surface area contributed by atoms with Crippen LogP contribution in [0.4, 0.5) is 0 Å². The van der Waals surface area contributed by atoms with E-state index in [1.165, 1.54) is 0 Å². The summed E-state index contributed by atoms with van der Waals surface area (Å²) in [7, 11) is 0. The van der Waals surface area contributed by atoms with Crippen molar-refractivity contribution in [1.82, 2.24) is 5.32 Å². The lowest BCUT2D eigenvalue weighted by Crippen LogP contribution is -2.26. The Morgan fingerprint density at radius 3 is 2.62 bits per heavy atom. The van der Waals surface area contributed by atoms with Crippen molar-refractivity contribution < 1.29 is 4.79 Å². The van der Waals surface area contributed by atoms with Crippen molar-refractivity contribution >= 4 is 41.5 Å². The average molecular weight is 284 g/mol. The largest absolute Gasteiger partial charge is 0.352 e. The van der Waals surface area contributed by atoms with Gasteiger partial charge in [-0.3, -0.25) is 4.79 Å². The number of hydrogen-bond donors (Lipinski definition) is 2. The number of nitrogens with two attached hydrogens (primary N) is 1. The Balaban J connectivity index is 0.00000225. The van der Waals surface area contributed by atoms with Gasteiger partial charge in [0.15, 0.2) is 0 Å². The molecule has 1 aromatic carbocycles. The molecule has 0 aliphatic rings. The molecule has 0 atom stereocenters. The van der Waals surface area contributed by atoms with Gasteiger partial charge in [0.25, 0.3) is 5.91 Å². The zero-order valence-corrected chi connectivity index (χ0v) is 10.8. The molecule has 0 aromatic heterocycles. The molecule has 3 nitrogen and oxygen atoms in total. The second kappa shape index (κ2) is 7.74. The van der Waals surface area contributed by atoms with E-state index in [1.807, 2.05) is 0 Å². The standard InChI is InChI=1S/C10H12Cl2N2O.ClH/c11-7-2-3-8(9(12)6-7)10(15)14-5-1-4-13;/h2-3,6H,1,4-5,13H2,(H,14,15);1H. The van der Waals surface area contributed by atoms with E-state index < -0.39 is 0 Å². The van der Waals surface area contributed by atoms with Crippen molar-refractivity contribution in [2.24, 2.45) is 5.73 Å². The first-order valence-corrected chi connectivity index (χ1v) is 5.34. The Bertz CT molecular complexity index is 358. The second-order valence-electron chi connectivity index (χ2n) is 3.02. The second-order valence-corrected chi connectivity index (χ2v) is 3.87. The van der Waals surface area contributed by atoms with E-state index >= 15 is 0 Å². The Kier molecular flexibility index (Phi) is 7.51. The molecule has 0 spiro atoms. The summed E-state index contributed by atoms with van der Waals surface area (Å²) >= 11 is 11.6. The minimum atomic E-state index is -0.204. The van der Waals surface area contributed by atoms with Gasteiger partial charge in [-0.15, -0.1) is 12.4 Å². The number of rotatable bonds is 4. The third kappa shape index (κ3) is 4.58. The minimum absolute atomic E-state index is 0. The van der Waals surface area contributed by atoms with Crippen LogP contribution < -0.4 is 11.1 Å². The van der Waals surface area contributed by atoms with Gasteiger partial charge in [0.2, 0.25) is 0 Å². The number of nitrogens with one attached hydrogen (secondary N) is 1. The molecule has 0 bridgehead atoms. The smallest absolute Gasteiger partial charge is 0.252 e. The van der Waals surface area contributed by atoms with Gasteiger partial charge < -0.3 is 11.1 Å². The van der Waals surface area contributed by atoms with Crippen LogP contribution in [0, 0.1) is 0 Å². The third-order valence-corrected chi connectivity index (χ3v) is 2.39. The quantitative estimate of drug-likeness (QED) is 0.834. The molecule has 1 amide bonds. The van der Waals surface area contributed by atoms with Crippen molar-refractivity contribution in [2.45, 2.75) is 6.42 Å². The molecule has 0 saturated carbocycles. The number of amides is 1. The van der Waals surface area contributed by atoms with Gasteiger partial charge >= 0.3 is 0 Å². The van der Waals surface area contributed by atoms with Crippen LogP contribution in [0.3, 0.4) is 0 Å². The summed E-state index contributed by atoms with van der Waals surface area (Å²) < 4.78 is 0. The number of halogens is 3. The summed E-state index contributed by atoms with van der Waals surface area (Å²) in [6.45, 7) is 1.10. The fraction of sp³-hybridized carbons (Fsp3) is 0.300. The summed E-state index contributed by atoms with van der Waals surface area (Å²) in [5, 5.41) is 3.58. The van der Waals surface area contributed by atoms with Crippen LogP contribution in [0.1, 0.15) is 16.8 Å².